The van der Waals surface area contributed by atoms with Gasteiger partial charge in [0.1, 0.15) is 11.7 Å². The average Bonchev–Trinajstić information content (AvgIpc) is 3.30. The fourth-order valence-corrected chi connectivity index (χ4v) is 5.29. The molecule has 4 heterocycles. The van der Waals surface area contributed by atoms with Crippen molar-refractivity contribution in [3.63, 3.8) is 0 Å². The zero-order chi connectivity index (χ0) is 22.9. The predicted octanol–water partition coefficient (Wildman–Crippen LogP) is 3.92. The first-order chi connectivity index (χ1) is 16.0. The minimum Gasteiger partial charge on any atom is -0.364 e. The van der Waals surface area contributed by atoms with Crippen molar-refractivity contribution in [2.75, 3.05) is 24.6 Å². The Balaban J connectivity index is 1.48. The molecule has 2 aliphatic heterocycles. The molecule has 176 valence electrons. The molecule has 2 aromatic heterocycles. The summed E-state index contributed by atoms with van der Waals surface area (Å²) in [6.07, 6.45) is 6.17. The summed E-state index contributed by atoms with van der Waals surface area (Å²) in [5.74, 6) is 0. The summed E-state index contributed by atoms with van der Waals surface area (Å²) in [6.45, 7) is 8.09. The summed E-state index contributed by atoms with van der Waals surface area (Å²) in [4.78, 5) is 17.9. The Morgan fingerprint density at radius 2 is 1.97 bits per heavy atom. The van der Waals surface area contributed by atoms with E-state index in [2.05, 4.69) is 54.0 Å². The molecule has 33 heavy (non-hydrogen) atoms. The van der Waals surface area contributed by atoms with E-state index in [4.69, 9.17) is 9.84 Å². The van der Waals surface area contributed by atoms with E-state index in [0.717, 1.165) is 68.6 Å². The highest BCUT2D eigenvalue weighted by Crippen LogP contribution is 2.32. The van der Waals surface area contributed by atoms with Crippen LogP contribution in [0.3, 0.4) is 0 Å². The van der Waals surface area contributed by atoms with Crippen molar-refractivity contribution in [3.05, 3.63) is 58.5 Å². The zero-order valence-electron chi connectivity index (χ0n) is 20.0. The van der Waals surface area contributed by atoms with Crippen LogP contribution in [0.5, 0.6) is 0 Å². The predicted molar refractivity (Wildman–Crippen MR) is 132 cm³/mol. The lowest BCUT2D eigenvalue weighted by Gasteiger charge is -2.46. The fraction of sp³-hybridized carbons (Fsp3) is 0.538. The number of piperazine rings is 1. The molecule has 7 nitrogen and oxygen atoms in total. The van der Waals surface area contributed by atoms with Crippen LogP contribution < -0.4 is 10.5 Å². The molecule has 0 spiro atoms. The first-order valence-corrected chi connectivity index (χ1v) is 12.3. The van der Waals surface area contributed by atoms with Crippen LogP contribution in [-0.2, 0) is 18.3 Å². The summed E-state index contributed by atoms with van der Waals surface area (Å²) in [5, 5.41) is 4.97. The van der Waals surface area contributed by atoms with Gasteiger partial charge in [0.2, 0.25) is 0 Å². The van der Waals surface area contributed by atoms with Crippen LogP contribution in [0.2, 0.25) is 0 Å². The van der Waals surface area contributed by atoms with Gasteiger partial charge < -0.3 is 14.2 Å². The monoisotopic (exact) mass is 449 g/mol. The SMILES string of the molecule is CC[C@H]1CN(Cc2ccccc2)[C@H](C)CN1c1cc(=O)n(C)c2cn(C3CCCCO3)nc12. The van der Waals surface area contributed by atoms with E-state index in [1.54, 1.807) is 10.6 Å². The number of pyridine rings is 1. The lowest BCUT2D eigenvalue weighted by molar-refractivity contribution is -0.0390. The lowest BCUT2D eigenvalue weighted by atomic mass is 10.0. The van der Waals surface area contributed by atoms with Crippen molar-refractivity contribution >= 4 is 16.7 Å². The standard InChI is InChI=1S/C26H35N5O2/c1-4-21-17-29(16-20-10-6-5-7-11-20)19(2)15-30(21)22-14-24(32)28(3)23-18-31(27-26(22)23)25-12-8-9-13-33-25/h5-7,10-11,14,18-19,21,25H,4,8-9,12-13,15-17H2,1-3H3/t19-,21+,25?/m1/s1. The Morgan fingerprint density at radius 3 is 2.70 bits per heavy atom. The molecule has 0 saturated carbocycles. The van der Waals surface area contributed by atoms with Gasteiger partial charge in [-0.1, -0.05) is 37.3 Å². The fourth-order valence-electron chi connectivity index (χ4n) is 5.29. The van der Waals surface area contributed by atoms with Gasteiger partial charge in [0.05, 0.1) is 17.4 Å². The highest BCUT2D eigenvalue weighted by Gasteiger charge is 2.33. The maximum atomic E-state index is 12.9. The van der Waals surface area contributed by atoms with Crippen LogP contribution in [-0.4, -0.2) is 51.0 Å². The van der Waals surface area contributed by atoms with Crippen molar-refractivity contribution in [1.29, 1.82) is 0 Å². The smallest absolute Gasteiger partial charge is 0.252 e. The second-order valence-electron chi connectivity index (χ2n) is 9.57. The van der Waals surface area contributed by atoms with E-state index in [-0.39, 0.29) is 11.8 Å². The van der Waals surface area contributed by atoms with Crippen LogP contribution in [0.1, 0.15) is 51.3 Å². The highest BCUT2D eigenvalue weighted by atomic mass is 16.5. The number of nitrogens with zero attached hydrogens (tertiary/aromatic N) is 5. The number of hydrogen-bond acceptors (Lipinski definition) is 5. The van der Waals surface area contributed by atoms with Crippen molar-refractivity contribution < 1.29 is 4.74 Å². The Morgan fingerprint density at radius 1 is 1.15 bits per heavy atom. The van der Waals surface area contributed by atoms with E-state index in [1.807, 2.05) is 17.9 Å². The largest absolute Gasteiger partial charge is 0.364 e. The molecular formula is C26H35N5O2. The third-order valence-electron chi connectivity index (χ3n) is 7.34. The molecule has 3 aromatic rings. The number of benzene rings is 1. The van der Waals surface area contributed by atoms with Gasteiger partial charge in [-0.2, -0.15) is 5.10 Å². The molecular weight excluding hydrogens is 414 g/mol. The second kappa shape index (κ2) is 9.31. The van der Waals surface area contributed by atoms with Crippen LogP contribution in [0.25, 0.3) is 11.0 Å². The summed E-state index contributed by atoms with van der Waals surface area (Å²) in [7, 11) is 1.83. The molecule has 7 heteroatoms. The molecule has 1 unspecified atom stereocenters. The number of aryl methyl sites for hydroxylation is 1. The number of anilines is 1. The number of ether oxygens (including phenoxy) is 1. The molecule has 2 fully saturated rings. The van der Waals surface area contributed by atoms with E-state index in [1.165, 1.54) is 5.56 Å². The minimum atomic E-state index is -0.0438. The third kappa shape index (κ3) is 4.32. The van der Waals surface area contributed by atoms with Gasteiger partial charge in [-0.25, -0.2) is 4.68 Å². The molecule has 3 atom stereocenters. The van der Waals surface area contributed by atoms with Crippen LogP contribution in [0.4, 0.5) is 5.69 Å². The maximum absolute atomic E-state index is 12.9. The van der Waals surface area contributed by atoms with E-state index >= 15 is 0 Å². The number of aromatic nitrogens is 3. The molecule has 0 bridgehead atoms. The van der Waals surface area contributed by atoms with Gasteiger partial charge in [0.15, 0.2) is 0 Å². The van der Waals surface area contributed by atoms with E-state index < -0.39 is 0 Å². The first-order valence-electron chi connectivity index (χ1n) is 12.3. The molecule has 0 N–H and O–H groups in total. The first kappa shape index (κ1) is 22.2. The van der Waals surface area contributed by atoms with Crippen molar-refractivity contribution in [2.45, 2.75) is 64.4 Å². The van der Waals surface area contributed by atoms with Crippen molar-refractivity contribution in [1.82, 2.24) is 19.2 Å². The van der Waals surface area contributed by atoms with Crippen molar-refractivity contribution in [2.24, 2.45) is 7.05 Å². The summed E-state index contributed by atoms with van der Waals surface area (Å²) in [6, 6.07) is 13.2. The Labute approximate surface area is 195 Å². The molecule has 0 aliphatic carbocycles. The lowest BCUT2D eigenvalue weighted by Crippen LogP contribution is -2.57. The molecule has 2 aliphatic rings. The second-order valence-corrected chi connectivity index (χ2v) is 9.57. The maximum Gasteiger partial charge on any atom is 0.252 e. The average molecular weight is 450 g/mol. The zero-order valence-corrected chi connectivity index (χ0v) is 20.0. The van der Waals surface area contributed by atoms with Gasteiger partial charge in [-0.05, 0) is 38.2 Å². The Hall–Kier alpha value is -2.64. The topological polar surface area (TPSA) is 55.5 Å². The minimum absolute atomic E-state index is 0.0100. The van der Waals surface area contributed by atoms with Gasteiger partial charge in [0, 0.05) is 51.4 Å². The highest BCUT2D eigenvalue weighted by molar-refractivity contribution is 5.88. The number of hydrogen-bond donors (Lipinski definition) is 0. The summed E-state index contributed by atoms with van der Waals surface area (Å²) >= 11 is 0. The van der Waals surface area contributed by atoms with Gasteiger partial charge in [0.25, 0.3) is 5.56 Å². The van der Waals surface area contributed by atoms with Crippen molar-refractivity contribution in [3.8, 4) is 0 Å². The van der Waals surface area contributed by atoms with Gasteiger partial charge >= 0.3 is 0 Å². The quantitative estimate of drug-likeness (QED) is 0.591. The molecule has 0 radical (unpaired) electrons. The Kier molecular flexibility index (Phi) is 6.25. The van der Waals surface area contributed by atoms with Crippen LogP contribution >= 0.6 is 0 Å². The number of fused-ring (bicyclic) bond motifs is 1. The Bertz CT molecular complexity index is 1150. The molecule has 2 saturated heterocycles. The third-order valence-corrected chi connectivity index (χ3v) is 7.34. The van der Waals surface area contributed by atoms with Gasteiger partial charge in [-0.3, -0.25) is 9.69 Å². The molecule has 1 aromatic carbocycles. The van der Waals surface area contributed by atoms with E-state index in [0.29, 0.717) is 12.1 Å². The summed E-state index contributed by atoms with van der Waals surface area (Å²) in [5.41, 5.74) is 4.08. The van der Waals surface area contributed by atoms with E-state index in [9.17, 15) is 4.79 Å². The van der Waals surface area contributed by atoms with Crippen LogP contribution in [0, 0.1) is 0 Å². The van der Waals surface area contributed by atoms with Crippen LogP contribution in [0.15, 0.2) is 47.4 Å². The normalized spacial score (nSPS) is 24.5. The summed E-state index contributed by atoms with van der Waals surface area (Å²) < 4.78 is 9.61. The van der Waals surface area contributed by atoms with Gasteiger partial charge in [-0.15, -0.1) is 0 Å². The number of rotatable bonds is 5. The molecule has 0 amide bonds. The molecule has 5 rings (SSSR count).